The minimum absolute atomic E-state index is 0.00716. The first-order chi connectivity index (χ1) is 17.7. The van der Waals surface area contributed by atoms with Gasteiger partial charge in [-0.25, -0.2) is 9.97 Å². The number of amides is 2. The van der Waals surface area contributed by atoms with Crippen LogP contribution < -0.4 is 0 Å². The van der Waals surface area contributed by atoms with Crippen molar-refractivity contribution in [1.82, 2.24) is 29.3 Å². The van der Waals surface area contributed by atoms with Crippen LogP contribution in [-0.4, -0.2) is 74.0 Å². The van der Waals surface area contributed by atoms with E-state index < -0.39 is 0 Å². The van der Waals surface area contributed by atoms with Gasteiger partial charge in [0.15, 0.2) is 0 Å². The van der Waals surface area contributed by atoms with Crippen LogP contribution in [0.1, 0.15) is 56.0 Å². The first-order valence-corrected chi connectivity index (χ1v) is 12.7. The SMILES string of the molecule is CCCN(C)C(=O)c1cncc(-c2cn(CC3CN(Cc4ccccc4)C(=O)CO3)c(C(C)(C)C)n2)n1. The Morgan fingerprint density at radius 1 is 1.14 bits per heavy atom. The Hall–Kier alpha value is -3.59. The summed E-state index contributed by atoms with van der Waals surface area (Å²) in [6, 6.07) is 9.98. The zero-order valence-corrected chi connectivity index (χ0v) is 22.3. The van der Waals surface area contributed by atoms with Gasteiger partial charge in [-0.15, -0.1) is 0 Å². The van der Waals surface area contributed by atoms with E-state index in [4.69, 9.17) is 9.72 Å². The quantitative estimate of drug-likeness (QED) is 0.466. The van der Waals surface area contributed by atoms with Gasteiger partial charge in [0.2, 0.25) is 5.91 Å². The largest absolute Gasteiger partial charge is 0.365 e. The third-order valence-electron chi connectivity index (χ3n) is 6.30. The summed E-state index contributed by atoms with van der Waals surface area (Å²) in [5.41, 5.74) is 2.35. The van der Waals surface area contributed by atoms with Gasteiger partial charge >= 0.3 is 0 Å². The Kier molecular flexibility index (Phi) is 8.02. The lowest BCUT2D eigenvalue weighted by molar-refractivity contribution is -0.150. The summed E-state index contributed by atoms with van der Waals surface area (Å²) < 4.78 is 8.01. The number of morpholine rings is 1. The summed E-state index contributed by atoms with van der Waals surface area (Å²) >= 11 is 0. The van der Waals surface area contributed by atoms with Crippen LogP contribution in [0.3, 0.4) is 0 Å². The molecule has 0 radical (unpaired) electrons. The number of carbonyl (C=O) groups excluding carboxylic acids is 2. The lowest BCUT2D eigenvalue weighted by atomic mass is 9.95. The van der Waals surface area contributed by atoms with Crippen LogP contribution in [0.2, 0.25) is 0 Å². The third kappa shape index (κ3) is 6.40. The molecule has 1 aromatic carbocycles. The van der Waals surface area contributed by atoms with Crippen molar-refractivity contribution in [2.45, 2.75) is 58.7 Å². The highest BCUT2D eigenvalue weighted by molar-refractivity contribution is 5.92. The molecule has 1 fully saturated rings. The fourth-order valence-electron chi connectivity index (χ4n) is 4.47. The Morgan fingerprint density at radius 2 is 1.89 bits per heavy atom. The zero-order valence-electron chi connectivity index (χ0n) is 22.3. The van der Waals surface area contributed by atoms with Crippen molar-refractivity contribution in [3.05, 3.63) is 66.0 Å². The van der Waals surface area contributed by atoms with Crippen LogP contribution in [-0.2, 0) is 28.0 Å². The lowest BCUT2D eigenvalue weighted by Gasteiger charge is -2.33. The van der Waals surface area contributed by atoms with Gasteiger partial charge < -0.3 is 19.1 Å². The van der Waals surface area contributed by atoms with Gasteiger partial charge in [0.1, 0.15) is 29.5 Å². The van der Waals surface area contributed by atoms with E-state index in [1.807, 2.05) is 48.4 Å². The number of imidazole rings is 1. The van der Waals surface area contributed by atoms with E-state index in [0.29, 0.717) is 43.3 Å². The van der Waals surface area contributed by atoms with Crippen LogP contribution in [0.4, 0.5) is 0 Å². The highest BCUT2D eigenvalue weighted by atomic mass is 16.5. The van der Waals surface area contributed by atoms with Crippen molar-refractivity contribution in [2.24, 2.45) is 0 Å². The van der Waals surface area contributed by atoms with Crippen molar-refractivity contribution < 1.29 is 14.3 Å². The van der Waals surface area contributed by atoms with Crippen LogP contribution in [0.5, 0.6) is 0 Å². The molecular formula is C28H36N6O3. The molecule has 3 aromatic rings. The van der Waals surface area contributed by atoms with E-state index in [1.54, 1.807) is 18.1 Å². The lowest BCUT2D eigenvalue weighted by Crippen LogP contribution is -2.47. The van der Waals surface area contributed by atoms with E-state index in [-0.39, 0.29) is 29.9 Å². The average molecular weight is 505 g/mol. The summed E-state index contributed by atoms with van der Waals surface area (Å²) in [7, 11) is 1.77. The van der Waals surface area contributed by atoms with Gasteiger partial charge in [-0.1, -0.05) is 58.0 Å². The second-order valence-corrected chi connectivity index (χ2v) is 10.6. The van der Waals surface area contributed by atoms with E-state index in [2.05, 4.69) is 35.3 Å². The summed E-state index contributed by atoms with van der Waals surface area (Å²) in [4.78, 5) is 42.5. The molecular weight excluding hydrogens is 468 g/mol. The molecule has 1 aliphatic rings. The minimum atomic E-state index is -0.241. The van der Waals surface area contributed by atoms with Gasteiger partial charge in [-0.05, 0) is 12.0 Å². The van der Waals surface area contributed by atoms with Gasteiger partial charge in [-0.2, -0.15) is 0 Å². The minimum Gasteiger partial charge on any atom is -0.365 e. The second kappa shape index (κ2) is 11.2. The molecule has 1 atom stereocenters. The van der Waals surface area contributed by atoms with Crippen molar-refractivity contribution in [3.63, 3.8) is 0 Å². The molecule has 0 saturated carbocycles. The number of ether oxygens (including phenoxy) is 1. The average Bonchev–Trinajstić information content (AvgIpc) is 3.31. The van der Waals surface area contributed by atoms with Crippen molar-refractivity contribution in [3.8, 4) is 11.4 Å². The molecule has 1 unspecified atom stereocenters. The molecule has 196 valence electrons. The van der Waals surface area contributed by atoms with Gasteiger partial charge in [0, 0.05) is 38.3 Å². The third-order valence-corrected chi connectivity index (χ3v) is 6.30. The first-order valence-electron chi connectivity index (χ1n) is 12.7. The number of aromatic nitrogens is 4. The maximum atomic E-state index is 12.7. The normalized spacial score (nSPS) is 16.2. The predicted octanol–water partition coefficient (Wildman–Crippen LogP) is 3.55. The van der Waals surface area contributed by atoms with E-state index in [0.717, 1.165) is 17.8 Å². The van der Waals surface area contributed by atoms with Crippen LogP contribution in [0, 0.1) is 0 Å². The van der Waals surface area contributed by atoms with Crippen LogP contribution >= 0.6 is 0 Å². The molecule has 2 aromatic heterocycles. The molecule has 0 N–H and O–H groups in total. The summed E-state index contributed by atoms with van der Waals surface area (Å²) in [6.07, 6.45) is 5.76. The molecule has 0 aliphatic carbocycles. The summed E-state index contributed by atoms with van der Waals surface area (Å²) in [6.45, 7) is 10.7. The monoisotopic (exact) mass is 504 g/mol. The summed E-state index contributed by atoms with van der Waals surface area (Å²) in [5.74, 6) is 0.706. The number of carbonyl (C=O) groups is 2. The van der Waals surface area contributed by atoms with E-state index >= 15 is 0 Å². The van der Waals surface area contributed by atoms with Gasteiger partial charge in [0.25, 0.3) is 5.91 Å². The molecule has 0 bridgehead atoms. The van der Waals surface area contributed by atoms with Crippen LogP contribution in [0.25, 0.3) is 11.4 Å². The molecule has 37 heavy (non-hydrogen) atoms. The molecule has 1 saturated heterocycles. The number of nitrogens with zero attached hydrogens (tertiary/aromatic N) is 6. The van der Waals surface area contributed by atoms with Crippen molar-refractivity contribution in [2.75, 3.05) is 26.7 Å². The molecule has 0 spiro atoms. The molecule has 4 rings (SSSR count). The van der Waals surface area contributed by atoms with Gasteiger partial charge in [0.05, 0.1) is 25.0 Å². The number of rotatable bonds is 8. The van der Waals surface area contributed by atoms with E-state index in [1.165, 1.54) is 6.20 Å². The fourth-order valence-corrected chi connectivity index (χ4v) is 4.47. The van der Waals surface area contributed by atoms with Crippen molar-refractivity contribution in [1.29, 1.82) is 0 Å². The Bertz CT molecular complexity index is 1230. The standard InChI is InChI=1S/C28H36N6O3/c1-6-12-32(5)26(36)23-14-29-13-22(30-23)24-18-34(27(31-24)28(2,3)4)17-21-16-33(25(35)19-37-21)15-20-10-8-7-9-11-20/h7-11,13-14,18,21H,6,12,15-17,19H2,1-5H3. The number of hydrogen-bond acceptors (Lipinski definition) is 6. The first kappa shape index (κ1) is 26.5. The van der Waals surface area contributed by atoms with Crippen LogP contribution in [0.15, 0.2) is 48.9 Å². The predicted molar refractivity (Wildman–Crippen MR) is 141 cm³/mol. The fraction of sp³-hybridized carbons (Fsp3) is 0.464. The highest BCUT2D eigenvalue weighted by Crippen LogP contribution is 2.27. The molecule has 9 heteroatoms. The number of hydrogen-bond donors (Lipinski definition) is 0. The maximum absolute atomic E-state index is 12.7. The molecule has 3 heterocycles. The number of benzene rings is 1. The topological polar surface area (TPSA) is 93.5 Å². The molecule has 2 amide bonds. The Balaban J connectivity index is 1.56. The zero-order chi connectivity index (χ0) is 26.6. The Morgan fingerprint density at radius 3 is 2.59 bits per heavy atom. The molecule has 9 nitrogen and oxygen atoms in total. The Labute approximate surface area is 218 Å². The summed E-state index contributed by atoms with van der Waals surface area (Å²) in [5, 5.41) is 0. The highest BCUT2D eigenvalue weighted by Gasteiger charge is 2.30. The van der Waals surface area contributed by atoms with Crippen molar-refractivity contribution >= 4 is 11.8 Å². The van der Waals surface area contributed by atoms with E-state index in [9.17, 15) is 9.59 Å². The van der Waals surface area contributed by atoms with Gasteiger partial charge in [-0.3, -0.25) is 14.6 Å². The smallest absolute Gasteiger partial charge is 0.273 e. The maximum Gasteiger partial charge on any atom is 0.273 e. The molecule has 1 aliphatic heterocycles. The second-order valence-electron chi connectivity index (χ2n) is 10.6.